The summed E-state index contributed by atoms with van der Waals surface area (Å²) in [6, 6.07) is 8.05. The molecular formula is C19H24N4O2S2. The second-order valence-corrected chi connectivity index (χ2v) is 8.15. The molecule has 2 amide bonds. The molecule has 0 radical (unpaired) electrons. The largest absolute Gasteiger partial charge is 0.273 e. The van der Waals surface area contributed by atoms with Gasteiger partial charge >= 0.3 is 0 Å². The number of amides is 2. The molecule has 2 rings (SSSR count). The molecule has 0 fully saturated rings. The van der Waals surface area contributed by atoms with Gasteiger partial charge < -0.3 is 0 Å². The van der Waals surface area contributed by atoms with Gasteiger partial charge in [-0.15, -0.1) is 22.7 Å². The number of carbonyl (C=O) groups is 2. The maximum absolute atomic E-state index is 11.7. The molecule has 0 saturated carbocycles. The molecule has 2 N–H and O–H groups in total. The first-order valence-electron chi connectivity index (χ1n) is 8.92. The Morgan fingerprint density at radius 2 is 1.30 bits per heavy atom. The predicted molar refractivity (Wildman–Crippen MR) is 113 cm³/mol. The number of hydrogen-bond acceptors (Lipinski definition) is 6. The third-order valence-electron chi connectivity index (χ3n) is 3.63. The van der Waals surface area contributed by atoms with E-state index in [1.165, 1.54) is 9.75 Å². The highest BCUT2D eigenvalue weighted by atomic mass is 32.1. The van der Waals surface area contributed by atoms with Crippen molar-refractivity contribution in [2.75, 3.05) is 0 Å². The van der Waals surface area contributed by atoms with Crippen LogP contribution in [0.15, 0.2) is 34.5 Å². The van der Waals surface area contributed by atoms with E-state index in [4.69, 9.17) is 0 Å². The van der Waals surface area contributed by atoms with E-state index in [1.54, 1.807) is 35.1 Å². The number of aryl methyl sites for hydroxylation is 2. The maximum Gasteiger partial charge on any atom is 0.240 e. The third kappa shape index (κ3) is 7.84. The van der Waals surface area contributed by atoms with Crippen molar-refractivity contribution in [2.24, 2.45) is 10.2 Å². The summed E-state index contributed by atoms with van der Waals surface area (Å²) in [6.07, 6.45) is 6.18. The highest BCUT2D eigenvalue weighted by molar-refractivity contribution is 7.14. The van der Waals surface area contributed by atoms with E-state index >= 15 is 0 Å². The van der Waals surface area contributed by atoms with Crippen molar-refractivity contribution in [2.45, 2.75) is 46.0 Å². The minimum absolute atomic E-state index is 0.208. The molecule has 0 aliphatic carbocycles. The summed E-state index contributed by atoms with van der Waals surface area (Å²) in [7, 11) is 0. The average Bonchev–Trinajstić information content (AvgIpc) is 3.31. The Bertz CT molecular complexity index is 742. The van der Waals surface area contributed by atoms with E-state index in [-0.39, 0.29) is 24.7 Å². The van der Waals surface area contributed by atoms with Gasteiger partial charge in [0.2, 0.25) is 11.8 Å². The summed E-state index contributed by atoms with van der Waals surface area (Å²) >= 11 is 3.30. The van der Waals surface area contributed by atoms with Crippen molar-refractivity contribution in [3.63, 3.8) is 0 Å². The molecule has 27 heavy (non-hydrogen) atoms. The Balaban J connectivity index is 1.60. The van der Waals surface area contributed by atoms with Crippen LogP contribution in [-0.2, 0) is 22.4 Å². The van der Waals surface area contributed by atoms with Gasteiger partial charge in [0, 0.05) is 32.4 Å². The van der Waals surface area contributed by atoms with Crippen LogP contribution in [-0.4, -0.2) is 24.2 Å². The van der Waals surface area contributed by atoms with Gasteiger partial charge in [0.05, 0.1) is 12.4 Å². The quantitative estimate of drug-likeness (QED) is 0.467. The van der Waals surface area contributed by atoms with Crippen LogP contribution in [0.5, 0.6) is 0 Å². The van der Waals surface area contributed by atoms with E-state index in [0.717, 1.165) is 22.6 Å². The van der Waals surface area contributed by atoms with Gasteiger partial charge in [0.1, 0.15) is 0 Å². The minimum Gasteiger partial charge on any atom is -0.273 e. The van der Waals surface area contributed by atoms with Crippen molar-refractivity contribution in [1.82, 2.24) is 10.9 Å². The molecule has 6 nitrogen and oxygen atoms in total. The number of nitrogens with zero attached hydrogens (tertiary/aromatic N) is 2. The van der Waals surface area contributed by atoms with E-state index in [0.29, 0.717) is 6.42 Å². The Kier molecular flexibility index (Phi) is 8.86. The Hall–Kier alpha value is -2.32. The molecule has 2 heterocycles. The first-order valence-corrected chi connectivity index (χ1v) is 10.5. The number of hydrogen-bond donors (Lipinski definition) is 2. The number of rotatable bonds is 10. The van der Waals surface area contributed by atoms with Crippen LogP contribution in [0, 0.1) is 0 Å². The van der Waals surface area contributed by atoms with Gasteiger partial charge in [-0.25, -0.2) is 10.9 Å². The third-order valence-corrected chi connectivity index (χ3v) is 5.96. The number of carbonyl (C=O) groups excluding carboxylic acids is 2. The molecule has 0 aliphatic rings. The molecule has 0 aliphatic heterocycles. The highest BCUT2D eigenvalue weighted by Gasteiger charge is 2.04. The lowest BCUT2D eigenvalue weighted by molar-refractivity contribution is -0.122. The number of nitrogens with one attached hydrogen (secondary N) is 2. The standard InChI is InChI=1S/C19H24N4O2S2/c1-3-14-8-10-16(26-14)12-20-22-18(24)6-5-7-19(25)23-21-13-17-11-9-15(4-2)27-17/h8-13H,3-7H2,1-2H3,(H,22,24)(H,23,25). The smallest absolute Gasteiger partial charge is 0.240 e. The van der Waals surface area contributed by atoms with Crippen LogP contribution in [0.4, 0.5) is 0 Å². The Morgan fingerprint density at radius 1 is 0.852 bits per heavy atom. The second kappa shape index (κ2) is 11.4. The molecule has 0 spiro atoms. The van der Waals surface area contributed by atoms with Gasteiger partial charge in [0.15, 0.2) is 0 Å². The molecule has 0 unspecified atom stereocenters. The van der Waals surface area contributed by atoms with E-state index in [9.17, 15) is 9.59 Å². The molecule has 2 aromatic heterocycles. The lowest BCUT2D eigenvalue weighted by Gasteiger charge is -2.00. The van der Waals surface area contributed by atoms with Gasteiger partial charge in [-0.05, 0) is 43.5 Å². The normalized spacial score (nSPS) is 11.3. The topological polar surface area (TPSA) is 82.9 Å². The zero-order valence-electron chi connectivity index (χ0n) is 15.5. The van der Waals surface area contributed by atoms with Crippen LogP contribution in [0.1, 0.15) is 52.6 Å². The summed E-state index contributed by atoms with van der Waals surface area (Å²) in [4.78, 5) is 28.0. The number of hydrazone groups is 2. The summed E-state index contributed by atoms with van der Waals surface area (Å²) in [5.74, 6) is -0.416. The molecular weight excluding hydrogens is 380 g/mol. The molecule has 0 atom stereocenters. The van der Waals surface area contributed by atoms with Crippen LogP contribution in [0.25, 0.3) is 0 Å². The second-order valence-electron chi connectivity index (χ2n) is 5.76. The fourth-order valence-electron chi connectivity index (χ4n) is 2.16. The molecule has 0 aromatic carbocycles. The van der Waals surface area contributed by atoms with Crippen LogP contribution in [0.3, 0.4) is 0 Å². The van der Waals surface area contributed by atoms with Gasteiger partial charge in [-0.2, -0.15) is 10.2 Å². The Morgan fingerprint density at radius 3 is 1.67 bits per heavy atom. The monoisotopic (exact) mass is 404 g/mol. The van der Waals surface area contributed by atoms with E-state index in [1.807, 2.05) is 12.1 Å². The summed E-state index contributed by atoms with van der Waals surface area (Å²) in [5.41, 5.74) is 4.96. The Labute approximate surface area is 167 Å². The van der Waals surface area contributed by atoms with E-state index in [2.05, 4.69) is 47.0 Å². The summed E-state index contributed by atoms with van der Waals surface area (Å²) < 4.78 is 0. The lowest BCUT2D eigenvalue weighted by Crippen LogP contribution is -2.20. The summed E-state index contributed by atoms with van der Waals surface area (Å²) in [5, 5.41) is 7.88. The first kappa shape index (κ1) is 21.0. The zero-order chi connectivity index (χ0) is 19.5. The van der Waals surface area contributed by atoms with Crippen molar-refractivity contribution in [3.8, 4) is 0 Å². The van der Waals surface area contributed by atoms with Crippen molar-refractivity contribution in [3.05, 3.63) is 43.8 Å². The van der Waals surface area contributed by atoms with E-state index < -0.39 is 0 Å². The SMILES string of the molecule is CCc1ccc(C=NNC(=O)CCCC(=O)NN=Cc2ccc(CC)s2)s1. The summed E-state index contributed by atoms with van der Waals surface area (Å²) in [6.45, 7) is 4.20. The van der Waals surface area contributed by atoms with Crippen LogP contribution >= 0.6 is 22.7 Å². The molecule has 144 valence electrons. The minimum atomic E-state index is -0.208. The van der Waals surface area contributed by atoms with Gasteiger partial charge in [0.25, 0.3) is 0 Å². The zero-order valence-corrected chi connectivity index (χ0v) is 17.2. The van der Waals surface area contributed by atoms with Crippen LogP contribution < -0.4 is 10.9 Å². The fourth-order valence-corrected chi connectivity index (χ4v) is 3.81. The lowest BCUT2D eigenvalue weighted by atomic mass is 10.2. The molecule has 2 aromatic rings. The van der Waals surface area contributed by atoms with Crippen molar-refractivity contribution in [1.29, 1.82) is 0 Å². The van der Waals surface area contributed by atoms with Crippen LogP contribution in [0.2, 0.25) is 0 Å². The predicted octanol–water partition coefficient (Wildman–Crippen LogP) is 3.71. The average molecular weight is 405 g/mol. The molecule has 0 saturated heterocycles. The maximum atomic E-state index is 11.7. The number of thiophene rings is 2. The van der Waals surface area contributed by atoms with Gasteiger partial charge in [-0.3, -0.25) is 9.59 Å². The molecule has 0 bridgehead atoms. The highest BCUT2D eigenvalue weighted by Crippen LogP contribution is 2.15. The van der Waals surface area contributed by atoms with Crippen molar-refractivity contribution >= 4 is 46.9 Å². The molecule has 8 heteroatoms. The van der Waals surface area contributed by atoms with Crippen molar-refractivity contribution < 1.29 is 9.59 Å². The fraction of sp³-hybridized carbons (Fsp3) is 0.368. The first-order chi connectivity index (χ1) is 13.1. The van der Waals surface area contributed by atoms with Gasteiger partial charge in [-0.1, -0.05) is 13.8 Å².